The molecule has 0 rings (SSSR count). The first kappa shape index (κ1) is 29.8. The Labute approximate surface area is 147 Å². The van der Waals surface area contributed by atoms with Crippen molar-refractivity contribution in [2.75, 3.05) is 0 Å². The van der Waals surface area contributed by atoms with E-state index in [1.807, 2.05) is 0 Å². The first-order valence-corrected chi connectivity index (χ1v) is 4.10. The molecule has 0 amide bonds. The van der Waals surface area contributed by atoms with Gasteiger partial charge in [0.1, 0.15) is 0 Å². The van der Waals surface area contributed by atoms with Crippen LogP contribution < -0.4 is 0 Å². The molecule has 0 atom stereocenters. The Morgan fingerprint density at radius 1 is 0.462 bits per heavy atom. The first-order chi connectivity index (χ1) is 11.1. The molecule has 0 heterocycles. The Morgan fingerprint density at radius 2 is 0.577 bits per heavy atom. The summed E-state index contributed by atoms with van der Waals surface area (Å²) in [5.74, 6) is 0. The van der Waals surface area contributed by atoms with Gasteiger partial charge in [0.05, 0.1) is 10.2 Å². The van der Waals surface area contributed by atoms with E-state index in [1.165, 1.54) is 0 Å². The molecule has 0 unspecified atom stereocenters. The van der Waals surface area contributed by atoms with E-state index in [0.717, 1.165) is 0 Å². The number of hydrogen-bond acceptors (Lipinski definition) is 18. The van der Waals surface area contributed by atoms with E-state index in [2.05, 4.69) is 19.4 Å². The van der Waals surface area contributed by atoms with Gasteiger partial charge < -0.3 is 30.6 Å². The van der Waals surface area contributed by atoms with Gasteiger partial charge in [-0.25, -0.2) is 19.4 Å². The van der Waals surface area contributed by atoms with Gasteiger partial charge in [-0.05, 0) is 0 Å². The van der Waals surface area contributed by atoms with Crippen LogP contribution in [-0.4, -0.2) is 36.7 Å². The van der Waals surface area contributed by atoms with Gasteiger partial charge in [0, 0.05) is 0 Å². The second kappa shape index (κ2) is 14.4. The molecule has 25 heteroatoms. The Bertz CT molecular complexity index is 424. The minimum atomic E-state index is -4.21. The van der Waals surface area contributed by atoms with Crippen molar-refractivity contribution in [3.8, 4) is 0 Å². The molecule has 0 aromatic carbocycles. The Kier molecular flexibility index (Phi) is 16.5. The van der Waals surface area contributed by atoms with Gasteiger partial charge in [0.25, 0.3) is 0 Å². The Morgan fingerprint density at radius 3 is 0.654 bits per heavy atom. The summed E-state index contributed by atoms with van der Waals surface area (Å²) in [7, 11) is 0. The SMILES string of the molecule is O=[N+]([O-])OC(O[N+](=O)[O-])(O[N+](=O)[O-])O[N+](=O)[O-].O=[N+]([O-])[O-].O=[N+]([O-])[O-].[Zn+2]. The summed E-state index contributed by atoms with van der Waals surface area (Å²) in [6, 6.07) is 0. The third kappa shape index (κ3) is 28.1. The molecule has 0 aliphatic carbocycles. The molecule has 26 heavy (non-hydrogen) atoms. The second-order valence-electron chi connectivity index (χ2n) is 2.21. The van der Waals surface area contributed by atoms with Crippen LogP contribution in [0, 0.1) is 71.1 Å². The molecule has 0 aromatic heterocycles. The van der Waals surface area contributed by atoms with E-state index in [-0.39, 0.29) is 19.5 Å². The molecule has 0 aromatic rings. The summed E-state index contributed by atoms with van der Waals surface area (Å²) in [6.45, 7) is 0. The van der Waals surface area contributed by atoms with Gasteiger partial charge >= 0.3 is 46.0 Å². The fraction of sp³-hybridized carbons (Fsp3) is 1.00. The van der Waals surface area contributed by atoms with Gasteiger partial charge in [-0.3, -0.25) is 0 Å². The molecular weight excluding hydrogens is 449 g/mol. The van der Waals surface area contributed by atoms with Crippen molar-refractivity contribution in [2.24, 2.45) is 0 Å². The molecule has 0 bridgehead atoms. The van der Waals surface area contributed by atoms with E-state index >= 15 is 0 Å². The molecule has 0 N–H and O–H groups in total. The number of rotatable bonds is 8. The molecule has 0 aliphatic heterocycles. The zero-order valence-electron chi connectivity index (χ0n) is 11.2. The molecule has 0 radical (unpaired) electrons. The van der Waals surface area contributed by atoms with Crippen LogP contribution in [0.25, 0.3) is 0 Å². The minimum absolute atomic E-state index is 0. The Balaban J connectivity index is -0.000000226. The van der Waals surface area contributed by atoms with Crippen molar-refractivity contribution in [2.45, 2.75) is 6.16 Å². The van der Waals surface area contributed by atoms with Crippen LogP contribution in [0.15, 0.2) is 0 Å². The number of nitrogens with zero attached hydrogens (tertiary/aromatic N) is 6. The van der Waals surface area contributed by atoms with Crippen molar-refractivity contribution < 1.29 is 69.3 Å². The normalized spacial score (nSPS) is 8.31. The van der Waals surface area contributed by atoms with Gasteiger partial charge in [-0.2, -0.15) is 0 Å². The molecule has 144 valence electrons. The van der Waals surface area contributed by atoms with Crippen LogP contribution in [0.3, 0.4) is 0 Å². The van der Waals surface area contributed by atoms with Crippen LogP contribution in [0.5, 0.6) is 0 Å². The van der Waals surface area contributed by atoms with E-state index in [1.54, 1.807) is 0 Å². The third-order valence-electron chi connectivity index (χ3n) is 0.745. The standard InChI is InChI=1S/CN4O12.2NO3.Zn/c6-2(7)14-1(15-3(8)9,16-4(10)11)17-5(12)13;2*2-1(3)4;/q;2*-1;+2. The second-order valence-corrected chi connectivity index (χ2v) is 2.21. The zero-order valence-corrected chi connectivity index (χ0v) is 14.2. The molecule has 0 saturated heterocycles. The van der Waals surface area contributed by atoms with Crippen LogP contribution in [-0.2, 0) is 38.8 Å². The fourth-order valence-electron chi connectivity index (χ4n) is 0.465. The summed E-state index contributed by atoms with van der Waals surface area (Å²) >= 11 is 0. The molecule has 0 spiro atoms. The largest absolute Gasteiger partial charge is 2.00 e. The summed E-state index contributed by atoms with van der Waals surface area (Å²) in [6.07, 6.45) is -4.21. The predicted octanol–water partition coefficient (Wildman–Crippen LogP) is -2.05. The van der Waals surface area contributed by atoms with Crippen molar-refractivity contribution in [1.82, 2.24) is 0 Å². The topological polar surface area (TPSA) is 342 Å². The fourth-order valence-corrected chi connectivity index (χ4v) is 0.465. The van der Waals surface area contributed by atoms with Gasteiger partial charge in [0.15, 0.2) is 0 Å². The van der Waals surface area contributed by atoms with Crippen molar-refractivity contribution in [3.05, 3.63) is 71.1 Å². The van der Waals surface area contributed by atoms with Crippen LogP contribution >= 0.6 is 0 Å². The van der Waals surface area contributed by atoms with E-state index < -0.39 is 36.7 Å². The van der Waals surface area contributed by atoms with E-state index in [9.17, 15) is 40.5 Å². The average Bonchev–Trinajstić information content (AvgIpc) is 2.20. The average molecular weight is 449 g/mol. The third-order valence-corrected chi connectivity index (χ3v) is 0.745. The zero-order chi connectivity index (χ0) is 20.8. The maximum atomic E-state index is 9.83. The summed E-state index contributed by atoms with van der Waals surface area (Å²) in [5, 5.41) is 61.2. The van der Waals surface area contributed by atoms with E-state index in [0.29, 0.717) is 0 Å². The first-order valence-electron chi connectivity index (χ1n) is 4.10. The maximum Gasteiger partial charge on any atom is 2.00 e. The number of hydrogen-bond donors (Lipinski definition) is 0. The smallest absolute Gasteiger partial charge is 0.356 e. The van der Waals surface area contributed by atoms with E-state index in [4.69, 9.17) is 30.6 Å². The predicted molar refractivity (Wildman–Crippen MR) is 55.8 cm³/mol. The molecule has 0 aliphatic rings. The van der Waals surface area contributed by atoms with Crippen molar-refractivity contribution >= 4 is 0 Å². The molecule has 0 saturated carbocycles. The van der Waals surface area contributed by atoms with Gasteiger partial charge in [-0.15, -0.1) is 40.5 Å². The monoisotopic (exact) mass is 448 g/mol. The molecular formula is CN6O18Zn. The van der Waals surface area contributed by atoms with Gasteiger partial charge in [0.2, 0.25) is 0 Å². The van der Waals surface area contributed by atoms with Crippen LogP contribution in [0.2, 0.25) is 0 Å². The van der Waals surface area contributed by atoms with Crippen LogP contribution in [0.1, 0.15) is 0 Å². The molecule has 0 fully saturated rings. The van der Waals surface area contributed by atoms with Crippen molar-refractivity contribution in [3.63, 3.8) is 0 Å². The molecule has 24 nitrogen and oxygen atoms in total. The maximum absolute atomic E-state index is 9.83. The van der Waals surface area contributed by atoms with Crippen LogP contribution in [0.4, 0.5) is 0 Å². The minimum Gasteiger partial charge on any atom is -0.356 e. The summed E-state index contributed by atoms with van der Waals surface area (Å²) < 4.78 is 0. The van der Waals surface area contributed by atoms with Gasteiger partial charge in [-0.1, -0.05) is 0 Å². The summed E-state index contributed by atoms with van der Waals surface area (Å²) in [4.78, 5) is 68.2. The summed E-state index contributed by atoms with van der Waals surface area (Å²) in [5.41, 5.74) is 0. The quantitative estimate of drug-likeness (QED) is 0.166. The Hall–Kier alpha value is -4.18. The van der Waals surface area contributed by atoms with Crippen molar-refractivity contribution in [1.29, 1.82) is 0 Å².